The Balaban J connectivity index is 2.64. The molecule has 1 heterocycles. The monoisotopic (exact) mass is 180 g/mol. The van der Waals surface area contributed by atoms with Crippen molar-refractivity contribution in [3.63, 3.8) is 0 Å². The molecule has 1 aromatic heterocycles. The molecule has 0 fully saturated rings. The van der Waals surface area contributed by atoms with Gasteiger partial charge in [0.15, 0.2) is 0 Å². The Morgan fingerprint density at radius 2 is 2.46 bits per heavy atom. The van der Waals surface area contributed by atoms with Crippen molar-refractivity contribution in [1.29, 1.82) is 0 Å². The molecule has 0 aliphatic heterocycles. The molecule has 0 amide bonds. The molecule has 0 saturated carbocycles. The van der Waals surface area contributed by atoms with Gasteiger partial charge in [0.25, 0.3) is 5.56 Å². The van der Waals surface area contributed by atoms with Gasteiger partial charge in [-0.3, -0.25) is 9.59 Å². The van der Waals surface area contributed by atoms with Crippen molar-refractivity contribution >= 4 is 12.0 Å². The molecular formula is C8H8N2O3. The summed E-state index contributed by atoms with van der Waals surface area (Å²) in [6, 6.07) is 0. The Morgan fingerprint density at radius 3 is 3.00 bits per heavy atom. The summed E-state index contributed by atoms with van der Waals surface area (Å²) in [7, 11) is 0. The minimum Gasteiger partial charge on any atom is -0.481 e. The maximum absolute atomic E-state index is 10.6. The molecule has 0 aliphatic carbocycles. The zero-order valence-corrected chi connectivity index (χ0v) is 6.73. The lowest BCUT2D eigenvalue weighted by Gasteiger charge is -1.88. The fourth-order valence-corrected chi connectivity index (χ4v) is 0.724. The van der Waals surface area contributed by atoms with E-state index < -0.39 is 5.97 Å². The Kier molecular flexibility index (Phi) is 2.97. The number of carbonyl (C=O) groups is 1. The summed E-state index contributed by atoms with van der Waals surface area (Å²) in [5.74, 6) is -0.902. The first-order valence-corrected chi connectivity index (χ1v) is 3.61. The van der Waals surface area contributed by atoms with Crippen LogP contribution in [0.25, 0.3) is 6.08 Å². The van der Waals surface area contributed by atoms with Crippen molar-refractivity contribution < 1.29 is 9.90 Å². The lowest BCUT2D eigenvalue weighted by atomic mass is 10.3. The van der Waals surface area contributed by atoms with Crippen molar-refractivity contribution in [2.45, 2.75) is 6.42 Å². The normalized spacial score (nSPS) is 10.5. The predicted octanol–water partition coefficient (Wildman–Crippen LogP) is 0.258. The number of H-pyrrole nitrogens is 1. The van der Waals surface area contributed by atoms with E-state index in [0.29, 0.717) is 5.69 Å². The Hall–Kier alpha value is -1.91. The molecule has 0 unspecified atom stereocenters. The average Bonchev–Trinajstić information content (AvgIpc) is 2.08. The Bertz CT molecular complexity index is 361. The summed E-state index contributed by atoms with van der Waals surface area (Å²) >= 11 is 0. The van der Waals surface area contributed by atoms with Crippen LogP contribution >= 0.6 is 0 Å². The number of nitrogens with zero attached hydrogens (tertiary/aromatic N) is 1. The number of rotatable bonds is 3. The van der Waals surface area contributed by atoms with Crippen molar-refractivity contribution in [3.8, 4) is 0 Å². The molecule has 0 spiro atoms. The molecule has 0 atom stereocenters. The van der Waals surface area contributed by atoms with Crippen molar-refractivity contribution in [1.82, 2.24) is 9.97 Å². The van der Waals surface area contributed by atoms with E-state index in [0.717, 1.165) is 6.20 Å². The van der Waals surface area contributed by atoms with Crippen LogP contribution < -0.4 is 5.56 Å². The predicted molar refractivity (Wildman–Crippen MR) is 46.1 cm³/mol. The van der Waals surface area contributed by atoms with Crippen LogP contribution in [0.4, 0.5) is 0 Å². The summed E-state index contributed by atoms with van der Waals surface area (Å²) in [5.41, 5.74) is 0.247. The van der Waals surface area contributed by atoms with Gasteiger partial charge in [-0.05, 0) is 6.08 Å². The van der Waals surface area contributed by atoms with Crippen molar-refractivity contribution in [2.75, 3.05) is 0 Å². The van der Waals surface area contributed by atoms with Crippen LogP contribution in [0.15, 0.2) is 23.3 Å². The fraction of sp³-hybridized carbons (Fsp3) is 0.125. The van der Waals surface area contributed by atoms with Gasteiger partial charge in [0.2, 0.25) is 0 Å². The largest absolute Gasteiger partial charge is 0.481 e. The van der Waals surface area contributed by atoms with E-state index in [9.17, 15) is 9.59 Å². The van der Waals surface area contributed by atoms with Gasteiger partial charge in [-0.2, -0.15) is 0 Å². The average molecular weight is 180 g/mol. The van der Waals surface area contributed by atoms with Gasteiger partial charge in [-0.25, -0.2) is 4.98 Å². The number of aromatic amines is 1. The zero-order valence-electron chi connectivity index (χ0n) is 6.73. The van der Waals surface area contributed by atoms with Gasteiger partial charge in [-0.1, -0.05) is 6.08 Å². The third kappa shape index (κ3) is 3.33. The molecule has 5 heteroatoms. The highest BCUT2D eigenvalue weighted by atomic mass is 16.4. The van der Waals surface area contributed by atoms with Crippen LogP contribution in [0, 0.1) is 0 Å². The van der Waals surface area contributed by atoms with Gasteiger partial charge in [0, 0.05) is 6.20 Å². The molecule has 0 radical (unpaired) electrons. The summed E-state index contributed by atoms with van der Waals surface area (Å²) in [4.78, 5) is 26.9. The second-order valence-corrected chi connectivity index (χ2v) is 2.34. The van der Waals surface area contributed by atoms with Crippen molar-refractivity contribution in [2.24, 2.45) is 0 Å². The molecule has 68 valence electrons. The molecule has 0 aromatic carbocycles. The number of nitrogens with one attached hydrogen (secondary N) is 1. The summed E-state index contributed by atoms with van der Waals surface area (Å²) < 4.78 is 0. The highest BCUT2D eigenvalue weighted by Crippen LogP contribution is 1.93. The number of carboxylic acid groups (broad SMARTS) is 1. The Labute approximate surface area is 73.8 Å². The van der Waals surface area contributed by atoms with Crippen LogP contribution in [0.2, 0.25) is 0 Å². The molecule has 13 heavy (non-hydrogen) atoms. The number of hydrogen-bond donors (Lipinski definition) is 2. The maximum atomic E-state index is 10.6. The van der Waals surface area contributed by atoms with Crippen LogP contribution in [0.5, 0.6) is 0 Å². The van der Waals surface area contributed by atoms with Crippen LogP contribution in [-0.2, 0) is 4.79 Å². The zero-order chi connectivity index (χ0) is 9.68. The number of hydrogen-bond acceptors (Lipinski definition) is 3. The molecule has 0 aliphatic rings. The van der Waals surface area contributed by atoms with E-state index in [1.54, 1.807) is 0 Å². The SMILES string of the molecule is O=C(O)CC=Cc1c[nH]c(=O)cn1. The number of carboxylic acids is 1. The van der Waals surface area contributed by atoms with Crippen molar-refractivity contribution in [3.05, 3.63) is 34.5 Å². The van der Waals surface area contributed by atoms with Crippen LogP contribution in [0.1, 0.15) is 12.1 Å². The van der Waals surface area contributed by atoms with Gasteiger partial charge >= 0.3 is 5.97 Å². The van der Waals surface area contributed by atoms with Crippen LogP contribution in [0.3, 0.4) is 0 Å². The van der Waals surface area contributed by atoms with Gasteiger partial charge in [0.05, 0.1) is 18.3 Å². The molecule has 0 saturated heterocycles. The minimum absolute atomic E-state index is 0.0548. The first-order chi connectivity index (χ1) is 6.18. The van der Waals surface area contributed by atoms with E-state index >= 15 is 0 Å². The van der Waals surface area contributed by atoms with E-state index in [-0.39, 0.29) is 12.0 Å². The second kappa shape index (κ2) is 4.20. The minimum atomic E-state index is -0.902. The summed E-state index contributed by atoms with van der Waals surface area (Å²) in [6.45, 7) is 0. The third-order valence-electron chi connectivity index (χ3n) is 1.27. The first-order valence-electron chi connectivity index (χ1n) is 3.61. The number of aliphatic carboxylic acids is 1. The lowest BCUT2D eigenvalue weighted by molar-refractivity contribution is -0.135. The molecule has 1 rings (SSSR count). The quantitative estimate of drug-likeness (QED) is 0.698. The fourth-order valence-electron chi connectivity index (χ4n) is 0.724. The van der Waals surface area contributed by atoms with E-state index in [1.807, 2.05) is 0 Å². The molecule has 1 aromatic rings. The highest BCUT2D eigenvalue weighted by Gasteiger charge is 1.91. The van der Waals surface area contributed by atoms with E-state index in [4.69, 9.17) is 5.11 Å². The van der Waals surface area contributed by atoms with E-state index in [1.165, 1.54) is 18.3 Å². The van der Waals surface area contributed by atoms with E-state index in [2.05, 4.69) is 9.97 Å². The smallest absolute Gasteiger partial charge is 0.307 e. The first kappa shape index (κ1) is 9.18. The summed E-state index contributed by atoms with van der Waals surface area (Å²) in [6.07, 6.45) is 5.50. The number of aromatic nitrogens is 2. The third-order valence-corrected chi connectivity index (χ3v) is 1.27. The molecular weight excluding hydrogens is 172 g/mol. The topological polar surface area (TPSA) is 83.0 Å². The molecule has 2 N–H and O–H groups in total. The summed E-state index contributed by atoms with van der Waals surface area (Å²) in [5, 5.41) is 8.31. The second-order valence-electron chi connectivity index (χ2n) is 2.34. The molecule has 0 bridgehead atoms. The van der Waals surface area contributed by atoms with Gasteiger partial charge < -0.3 is 10.1 Å². The Morgan fingerprint density at radius 1 is 1.69 bits per heavy atom. The standard InChI is InChI=1S/C8H8N2O3/c11-7-5-9-6(4-10-7)2-1-3-8(12)13/h1-2,4-5H,3H2,(H,10,11)(H,12,13). The van der Waals surface area contributed by atoms with Gasteiger partial charge in [0.1, 0.15) is 0 Å². The maximum Gasteiger partial charge on any atom is 0.307 e. The van der Waals surface area contributed by atoms with Gasteiger partial charge in [-0.15, -0.1) is 0 Å². The molecule has 5 nitrogen and oxygen atoms in total. The lowest BCUT2D eigenvalue weighted by Crippen LogP contribution is -2.04. The van der Waals surface area contributed by atoms with Crippen LogP contribution in [-0.4, -0.2) is 21.0 Å². The highest BCUT2D eigenvalue weighted by molar-refractivity contribution is 5.70.